The highest BCUT2D eigenvalue weighted by Gasteiger charge is 2.10. The first-order valence-corrected chi connectivity index (χ1v) is 5.73. The van der Waals surface area contributed by atoms with Gasteiger partial charge in [-0.05, 0) is 23.8 Å². The highest BCUT2D eigenvalue weighted by molar-refractivity contribution is 9.10. The zero-order chi connectivity index (χ0) is 13.7. The lowest BCUT2D eigenvalue weighted by atomic mass is 10.1. The fraction of sp³-hybridized carbons (Fsp3) is 0.167. The number of rotatable bonds is 3. The third kappa shape index (κ3) is 3.02. The zero-order valence-electron chi connectivity index (χ0n) is 9.82. The predicted molar refractivity (Wildman–Crippen MR) is 70.0 cm³/mol. The van der Waals surface area contributed by atoms with Crippen molar-refractivity contribution in [1.29, 1.82) is 5.26 Å². The Balaban J connectivity index is 3.30. The molecule has 0 aliphatic rings. The van der Waals surface area contributed by atoms with Gasteiger partial charge in [0.2, 0.25) is 0 Å². The van der Waals surface area contributed by atoms with Crippen LogP contribution in [0.15, 0.2) is 22.2 Å². The molecule has 1 aromatic rings. The van der Waals surface area contributed by atoms with Gasteiger partial charge in [-0.1, -0.05) is 15.9 Å². The third-order valence-corrected chi connectivity index (χ3v) is 2.88. The number of hydrogen-bond donors (Lipinski definition) is 2. The van der Waals surface area contributed by atoms with Gasteiger partial charge < -0.3 is 15.2 Å². The Hall–Kier alpha value is -2.00. The van der Waals surface area contributed by atoms with Crippen LogP contribution in [-0.4, -0.2) is 25.2 Å². The molecule has 0 radical (unpaired) electrons. The maximum atomic E-state index is 11.4. The molecule has 0 aliphatic heterocycles. The minimum absolute atomic E-state index is 0.0278. The van der Waals surface area contributed by atoms with E-state index in [-0.39, 0.29) is 17.1 Å². The van der Waals surface area contributed by atoms with Gasteiger partial charge in [0.15, 0.2) is 11.5 Å². The summed E-state index contributed by atoms with van der Waals surface area (Å²) < 4.78 is 5.51. The standard InChI is InChI=1S/C12H11BrN2O3/c1-15-12(17)8(6-14)3-7-4-11(18-2)10(16)5-9(7)13/h3-5,16H,1-2H3,(H,15,17). The summed E-state index contributed by atoms with van der Waals surface area (Å²) >= 11 is 3.24. The van der Waals surface area contributed by atoms with E-state index in [0.29, 0.717) is 10.0 Å². The number of nitrogens with one attached hydrogen (secondary N) is 1. The lowest BCUT2D eigenvalue weighted by Gasteiger charge is -2.07. The SMILES string of the molecule is CNC(=O)C(C#N)=Cc1cc(OC)c(O)cc1Br. The van der Waals surface area contributed by atoms with E-state index in [1.807, 2.05) is 0 Å². The average Bonchev–Trinajstić information content (AvgIpc) is 2.37. The number of amides is 1. The molecule has 0 bridgehead atoms. The number of halogens is 1. The van der Waals surface area contributed by atoms with E-state index in [1.165, 1.54) is 32.4 Å². The summed E-state index contributed by atoms with van der Waals surface area (Å²) in [5.41, 5.74) is 0.524. The van der Waals surface area contributed by atoms with Crippen LogP contribution in [0.4, 0.5) is 0 Å². The van der Waals surface area contributed by atoms with Crippen molar-refractivity contribution in [2.75, 3.05) is 14.2 Å². The van der Waals surface area contributed by atoms with Crippen LogP contribution in [0.25, 0.3) is 6.08 Å². The molecule has 0 spiro atoms. The van der Waals surface area contributed by atoms with Crippen molar-refractivity contribution in [3.8, 4) is 17.6 Å². The Morgan fingerprint density at radius 2 is 2.28 bits per heavy atom. The van der Waals surface area contributed by atoms with Crippen molar-refractivity contribution < 1.29 is 14.6 Å². The lowest BCUT2D eigenvalue weighted by molar-refractivity contribution is -0.116. The largest absolute Gasteiger partial charge is 0.504 e. The Kier molecular flexibility index (Phi) is 4.75. The Morgan fingerprint density at radius 1 is 1.61 bits per heavy atom. The third-order valence-electron chi connectivity index (χ3n) is 2.19. The lowest BCUT2D eigenvalue weighted by Crippen LogP contribution is -2.19. The summed E-state index contributed by atoms with van der Waals surface area (Å²) in [6.45, 7) is 0. The number of phenolic OH excluding ortho intramolecular Hbond substituents is 1. The Bertz CT molecular complexity index is 547. The summed E-state index contributed by atoms with van der Waals surface area (Å²) in [6.07, 6.45) is 1.41. The van der Waals surface area contributed by atoms with Crippen LogP contribution < -0.4 is 10.1 Å². The molecule has 0 unspecified atom stereocenters. The number of methoxy groups -OCH3 is 1. The molecule has 0 atom stereocenters. The van der Waals surface area contributed by atoms with Crippen molar-refractivity contribution in [2.24, 2.45) is 0 Å². The summed E-state index contributed by atoms with van der Waals surface area (Å²) in [5, 5.41) is 20.8. The molecule has 0 aromatic heterocycles. The fourth-order valence-corrected chi connectivity index (χ4v) is 1.72. The van der Waals surface area contributed by atoms with Crippen LogP contribution in [0.3, 0.4) is 0 Å². The van der Waals surface area contributed by atoms with Crippen LogP contribution in [0.5, 0.6) is 11.5 Å². The van der Waals surface area contributed by atoms with Crippen LogP contribution >= 0.6 is 15.9 Å². The second kappa shape index (κ2) is 6.07. The van der Waals surface area contributed by atoms with Crippen molar-refractivity contribution in [2.45, 2.75) is 0 Å². The molecule has 6 heteroatoms. The first kappa shape index (κ1) is 14.1. The summed E-state index contributed by atoms with van der Waals surface area (Å²) in [4.78, 5) is 11.4. The second-order valence-electron chi connectivity index (χ2n) is 3.29. The number of likely N-dealkylation sites (N-methyl/N-ethyl adjacent to an activating group) is 1. The van der Waals surface area contributed by atoms with E-state index >= 15 is 0 Å². The van der Waals surface area contributed by atoms with Gasteiger partial charge in [0.25, 0.3) is 5.91 Å². The van der Waals surface area contributed by atoms with Gasteiger partial charge >= 0.3 is 0 Å². The van der Waals surface area contributed by atoms with Gasteiger partial charge in [-0.2, -0.15) is 5.26 Å². The maximum absolute atomic E-state index is 11.4. The molecular weight excluding hydrogens is 300 g/mol. The smallest absolute Gasteiger partial charge is 0.261 e. The molecule has 0 saturated heterocycles. The minimum Gasteiger partial charge on any atom is -0.504 e. The molecule has 0 fully saturated rings. The molecule has 0 saturated carbocycles. The normalized spacial score (nSPS) is 10.7. The van der Waals surface area contributed by atoms with Crippen LogP contribution in [0.2, 0.25) is 0 Å². The summed E-state index contributed by atoms with van der Waals surface area (Å²) in [5.74, 6) is -0.241. The van der Waals surface area contributed by atoms with E-state index in [9.17, 15) is 9.90 Å². The number of nitrogens with zero attached hydrogens (tertiary/aromatic N) is 1. The van der Waals surface area contributed by atoms with Crippen molar-refractivity contribution in [3.63, 3.8) is 0 Å². The van der Waals surface area contributed by atoms with Gasteiger partial charge in [0.1, 0.15) is 11.6 Å². The number of carbonyl (C=O) groups excluding carboxylic acids is 1. The van der Waals surface area contributed by atoms with Crippen LogP contribution in [0.1, 0.15) is 5.56 Å². The number of nitriles is 1. The first-order valence-electron chi connectivity index (χ1n) is 4.93. The molecule has 1 aromatic carbocycles. The van der Waals surface area contributed by atoms with Gasteiger partial charge in [0, 0.05) is 11.5 Å². The molecule has 18 heavy (non-hydrogen) atoms. The highest BCUT2D eigenvalue weighted by Crippen LogP contribution is 2.33. The van der Waals surface area contributed by atoms with Gasteiger partial charge in [-0.3, -0.25) is 4.79 Å². The molecule has 2 N–H and O–H groups in total. The van der Waals surface area contributed by atoms with Crippen LogP contribution in [-0.2, 0) is 4.79 Å². The number of carbonyl (C=O) groups is 1. The van der Waals surface area contributed by atoms with Crippen molar-refractivity contribution >= 4 is 27.9 Å². The van der Waals surface area contributed by atoms with E-state index < -0.39 is 5.91 Å². The van der Waals surface area contributed by atoms with Crippen molar-refractivity contribution in [3.05, 3.63) is 27.7 Å². The van der Waals surface area contributed by atoms with Gasteiger partial charge in [-0.25, -0.2) is 0 Å². The van der Waals surface area contributed by atoms with Crippen molar-refractivity contribution in [1.82, 2.24) is 5.32 Å². The number of aromatic hydroxyl groups is 1. The van der Waals surface area contributed by atoms with E-state index in [2.05, 4.69) is 21.2 Å². The quantitative estimate of drug-likeness (QED) is 0.659. The maximum Gasteiger partial charge on any atom is 0.261 e. The number of hydrogen-bond acceptors (Lipinski definition) is 4. The average molecular weight is 311 g/mol. The summed E-state index contributed by atoms with van der Waals surface area (Å²) in [6, 6.07) is 4.77. The fourth-order valence-electron chi connectivity index (χ4n) is 1.27. The molecule has 1 amide bonds. The number of benzene rings is 1. The number of phenols is 1. The van der Waals surface area contributed by atoms with E-state index in [0.717, 1.165) is 0 Å². The monoisotopic (exact) mass is 310 g/mol. The Morgan fingerprint density at radius 3 is 2.78 bits per heavy atom. The molecule has 94 valence electrons. The highest BCUT2D eigenvalue weighted by atomic mass is 79.9. The zero-order valence-corrected chi connectivity index (χ0v) is 11.4. The topological polar surface area (TPSA) is 82.4 Å². The molecular formula is C12H11BrN2O3. The first-order chi connectivity index (χ1) is 8.53. The summed E-state index contributed by atoms with van der Waals surface area (Å²) in [7, 11) is 2.86. The van der Waals surface area contributed by atoms with Gasteiger partial charge in [-0.15, -0.1) is 0 Å². The Labute approximate surface area is 113 Å². The van der Waals surface area contributed by atoms with E-state index in [1.54, 1.807) is 6.07 Å². The minimum atomic E-state index is -0.476. The molecule has 5 nitrogen and oxygen atoms in total. The predicted octanol–water partition coefficient (Wildman–Crippen LogP) is 1.82. The molecule has 0 heterocycles. The number of ether oxygens (including phenoxy) is 1. The van der Waals surface area contributed by atoms with E-state index in [4.69, 9.17) is 10.00 Å². The molecule has 0 aliphatic carbocycles. The molecule has 1 rings (SSSR count). The van der Waals surface area contributed by atoms with Crippen LogP contribution in [0, 0.1) is 11.3 Å². The second-order valence-corrected chi connectivity index (χ2v) is 4.15. The van der Waals surface area contributed by atoms with Gasteiger partial charge in [0.05, 0.1) is 7.11 Å².